The number of fused-ring (bicyclic) bond motifs is 1. The lowest BCUT2D eigenvalue weighted by Gasteiger charge is -2.32. The number of aryl methyl sites for hydroxylation is 1. The quantitative estimate of drug-likeness (QED) is 0.537. The fraction of sp³-hybridized carbons (Fsp3) is 0.391. The molecule has 140 valence electrons. The molecule has 1 fully saturated rings. The Morgan fingerprint density at radius 1 is 1.00 bits per heavy atom. The number of nitrogens with zero attached hydrogens (tertiary/aromatic N) is 2. The molecule has 0 radical (unpaired) electrons. The second-order valence-corrected chi connectivity index (χ2v) is 8.46. The van der Waals surface area contributed by atoms with Crippen molar-refractivity contribution in [1.29, 1.82) is 0 Å². The Morgan fingerprint density at radius 2 is 1.74 bits per heavy atom. The molecule has 1 saturated heterocycles. The lowest BCUT2D eigenvalue weighted by atomic mass is 9.89. The highest BCUT2D eigenvalue weighted by Gasteiger charge is 2.23. The minimum atomic E-state index is 0.325. The van der Waals surface area contributed by atoms with Crippen molar-refractivity contribution in [3.63, 3.8) is 0 Å². The molecule has 0 saturated carbocycles. The van der Waals surface area contributed by atoms with Crippen molar-refractivity contribution in [3.8, 4) is 0 Å². The zero-order valence-electron chi connectivity index (χ0n) is 15.6. The first-order valence-electron chi connectivity index (χ1n) is 9.97. The molecule has 1 aliphatic heterocycles. The van der Waals surface area contributed by atoms with E-state index < -0.39 is 0 Å². The van der Waals surface area contributed by atoms with Gasteiger partial charge < -0.3 is 4.90 Å². The van der Waals surface area contributed by atoms with Gasteiger partial charge in [-0.05, 0) is 55.7 Å². The van der Waals surface area contributed by atoms with Crippen LogP contribution in [-0.2, 0) is 11.2 Å². The van der Waals surface area contributed by atoms with Gasteiger partial charge in [0.05, 0.1) is 15.2 Å². The van der Waals surface area contributed by atoms with E-state index in [1.165, 1.54) is 15.3 Å². The second-order valence-electron chi connectivity index (χ2n) is 7.35. The molecular weight excluding hydrogens is 352 g/mol. The van der Waals surface area contributed by atoms with Crippen LogP contribution in [0, 0.1) is 0 Å². The largest absolute Gasteiger partial charge is 0.343 e. The molecule has 27 heavy (non-hydrogen) atoms. The van der Waals surface area contributed by atoms with Crippen molar-refractivity contribution in [1.82, 2.24) is 9.88 Å². The Labute approximate surface area is 165 Å². The number of para-hydroxylation sites is 1. The molecular formula is C23H26N2OS. The first-order chi connectivity index (χ1) is 13.3. The highest BCUT2D eigenvalue weighted by atomic mass is 32.1. The van der Waals surface area contributed by atoms with Crippen LogP contribution in [0.15, 0.2) is 54.6 Å². The number of benzene rings is 2. The molecule has 0 bridgehead atoms. The standard InChI is InChI=1S/C23H26N2OS/c26-23(25-16-14-19(15-17-25)18-8-2-1-3-9-18)13-7-6-12-22-24-20-10-4-5-11-21(20)27-22/h1-5,8-11,19H,6-7,12-17H2. The molecule has 0 aliphatic carbocycles. The number of amides is 1. The number of likely N-dealkylation sites (tertiary alicyclic amines) is 1. The molecule has 0 spiro atoms. The van der Waals surface area contributed by atoms with Gasteiger partial charge >= 0.3 is 0 Å². The maximum absolute atomic E-state index is 12.5. The van der Waals surface area contributed by atoms with E-state index in [9.17, 15) is 4.79 Å². The molecule has 4 rings (SSSR count). The van der Waals surface area contributed by atoms with E-state index in [0.717, 1.165) is 50.7 Å². The maximum atomic E-state index is 12.5. The van der Waals surface area contributed by atoms with Gasteiger partial charge in [-0.3, -0.25) is 4.79 Å². The number of carbonyl (C=O) groups excluding carboxylic acids is 1. The predicted octanol–water partition coefficient (Wildman–Crippen LogP) is 5.42. The lowest BCUT2D eigenvalue weighted by molar-refractivity contribution is -0.132. The van der Waals surface area contributed by atoms with Crippen LogP contribution >= 0.6 is 11.3 Å². The van der Waals surface area contributed by atoms with Crippen LogP contribution in [0.3, 0.4) is 0 Å². The van der Waals surface area contributed by atoms with Gasteiger partial charge in [-0.15, -0.1) is 11.3 Å². The van der Waals surface area contributed by atoms with Gasteiger partial charge in [0, 0.05) is 19.5 Å². The molecule has 0 atom stereocenters. The average molecular weight is 379 g/mol. The summed E-state index contributed by atoms with van der Waals surface area (Å²) in [6.45, 7) is 1.80. The molecule has 1 aromatic heterocycles. The van der Waals surface area contributed by atoms with Crippen LogP contribution in [0.1, 0.15) is 48.6 Å². The van der Waals surface area contributed by atoms with E-state index in [4.69, 9.17) is 0 Å². The van der Waals surface area contributed by atoms with Crippen LogP contribution < -0.4 is 0 Å². The molecule has 0 N–H and O–H groups in total. The summed E-state index contributed by atoms with van der Waals surface area (Å²) in [6.07, 6.45) is 5.80. The number of thiazole rings is 1. The second kappa shape index (κ2) is 8.66. The van der Waals surface area contributed by atoms with Gasteiger partial charge in [0.25, 0.3) is 0 Å². The highest BCUT2D eigenvalue weighted by molar-refractivity contribution is 7.18. The summed E-state index contributed by atoms with van der Waals surface area (Å²) in [5.41, 5.74) is 2.51. The molecule has 3 nitrogen and oxygen atoms in total. The van der Waals surface area contributed by atoms with Crippen LogP contribution in [0.5, 0.6) is 0 Å². The van der Waals surface area contributed by atoms with Gasteiger partial charge in [-0.1, -0.05) is 42.5 Å². The first kappa shape index (κ1) is 18.2. The Balaban J connectivity index is 1.19. The third-order valence-electron chi connectivity index (χ3n) is 5.49. The lowest BCUT2D eigenvalue weighted by Crippen LogP contribution is -2.37. The number of hydrogen-bond acceptors (Lipinski definition) is 3. The fourth-order valence-corrected chi connectivity index (χ4v) is 4.93. The monoisotopic (exact) mass is 378 g/mol. The zero-order chi connectivity index (χ0) is 18.5. The van der Waals surface area contributed by atoms with Crippen molar-refractivity contribution in [2.75, 3.05) is 13.1 Å². The van der Waals surface area contributed by atoms with Crippen molar-refractivity contribution in [2.24, 2.45) is 0 Å². The van der Waals surface area contributed by atoms with Crippen molar-refractivity contribution < 1.29 is 4.79 Å². The van der Waals surface area contributed by atoms with Crippen molar-refractivity contribution in [3.05, 3.63) is 65.2 Å². The number of carbonyl (C=O) groups is 1. The Morgan fingerprint density at radius 3 is 2.52 bits per heavy atom. The number of hydrogen-bond donors (Lipinski definition) is 0. The summed E-state index contributed by atoms with van der Waals surface area (Å²) in [6, 6.07) is 19.0. The van der Waals surface area contributed by atoms with Crippen LogP contribution in [0.4, 0.5) is 0 Å². The van der Waals surface area contributed by atoms with Crippen molar-refractivity contribution in [2.45, 2.75) is 44.4 Å². The summed E-state index contributed by atoms with van der Waals surface area (Å²) in [4.78, 5) is 19.3. The smallest absolute Gasteiger partial charge is 0.222 e. The van der Waals surface area contributed by atoms with Gasteiger partial charge in [-0.2, -0.15) is 0 Å². The van der Waals surface area contributed by atoms with E-state index in [0.29, 0.717) is 18.2 Å². The van der Waals surface area contributed by atoms with E-state index in [2.05, 4.69) is 58.4 Å². The number of rotatable bonds is 6. The van der Waals surface area contributed by atoms with E-state index in [1.807, 2.05) is 6.07 Å². The molecule has 3 aromatic rings. The fourth-order valence-electron chi connectivity index (χ4n) is 3.92. The molecule has 2 aromatic carbocycles. The van der Waals surface area contributed by atoms with Crippen LogP contribution in [0.2, 0.25) is 0 Å². The van der Waals surface area contributed by atoms with Gasteiger partial charge in [0.15, 0.2) is 0 Å². The number of aromatic nitrogens is 1. The third-order valence-corrected chi connectivity index (χ3v) is 6.58. The summed E-state index contributed by atoms with van der Waals surface area (Å²) in [5.74, 6) is 0.931. The van der Waals surface area contributed by atoms with Gasteiger partial charge in [0.1, 0.15) is 0 Å². The van der Waals surface area contributed by atoms with Crippen LogP contribution in [-0.4, -0.2) is 28.9 Å². The topological polar surface area (TPSA) is 33.2 Å². The van der Waals surface area contributed by atoms with E-state index in [-0.39, 0.29) is 0 Å². The third kappa shape index (κ3) is 4.56. The van der Waals surface area contributed by atoms with Gasteiger partial charge in [-0.25, -0.2) is 4.98 Å². The SMILES string of the molecule is O=C(CCCCc1nc2ccccc2s1)N1CCC(c2ccccc2)CC1. The summed E-state index contributed by atoms with van der Waals surface area (Å²) in [7, 11) is 0. The van der Waals surface area contributed by atoms with Crippen LogP contribution in [0.25, 0.3) is 10.2 Å². The van der Waals surface area contributed by atoms with E-state index in [1.54, 1.807) is 11.3 Å². The first-order valence-corrected chi connectivity index (χ1v) is 10.8. The zero-order valence-corrected chi connectivity index (χ0v) is 16.5. The normalized spacial score (nSPS) is 15.3. The molecule has 2 heterocycles. The number of piperidine rings is 1. The minimum Gasteiger partial charge on any atom is -0.343 e. The summed E-state index contributed by atoms with van der Waals surface area (Å²) < 4.78 is 1.25. The average Bonchev–Trinajstić information content (AvgIpc) is 3.15. The Kier molecular flexibility index (Phi) is 5.83. The Hall–Kier alpha value is -2.20. The predicted molar refractivity (Wildman–Crippen MR) is 112 cm³/mol. The number of unbranched alkanes of at least 4 members (excludes halogenated alkanes) is 1. The minimum absolute atomic E-state index is 0.325. The summed E-state index contributed by atoms with van der Waals surface area (Å²) >= 11 is 1.78. The molecule has 1 aliphatic rings. The highest BCUT2D eigenvalue weighted by Crippen LogP contribution is 2.28. The van der Waals surface area contributed by atoms with Gasteiger partial charge in [0.2, 0.25) is 5.91 Å². The molecule has 0 unspecified atom stereocenters. The Bertz CT molecular complexity index is 849. The summed E-state index contributed by atoms with van der Waals surface area (Å²) in [5, 5.41) is 1.19. The molecule has 1 amide bonds. The van der Waals surface area contributed by atoms with Crippen molar-refractivity contribution >= 4 is 27.5 Å². The molecule has 4 heteroatoms. The maximum Gasteiger partial charge on any atom is 0.222 e. The van der Waals surface area contributed by atoms with E-state index >= 15 is 0 Å².